The maximum atomic E-state index is 12.2. The molecule has 0 saturated carbocycles. The summed E-state index contributed by atoms with van der Waals surface area (Å²) in [5, 5.41) is 3.30. The van der Waals surface area contributed by atoms with Crippen molar-refractivity contribution in [3.63, 3.8) is 0 Å². The molecular formula is C16H16Cl2N2O3S. The lowest BCUT2D eigenvalue weighted by Gasteiger charge is -2.22. The van der Waals surface area contributed by atoms with E-state index in [1.54, 1.807) is 36.4 Å². The highest BCUT2D eigenvalue weighted by molar-refractivity contribution is 7.92. The van der Waals surface area contributed by atoms with Crippen LogP contribution in [0.15, 0.2) is 42.5 Å². The largest absolute Gasteiger partial charge is 0.323 e. The average molecular weight is 387 g/mol. The molecule has 128 valence electrons. The normalized spacial score (nSPS) is 11.2. The van der Waals surface area contributed by atoms with Gasteiger partial charge in [0.2, 0.25) is 15.9 Å². The van der Waals surface area contributed by atoms with Gasteiger partial charge in [0.05, 0.1) is 22.7 Å². The lowest BCUT2D eigenvalue weighted by atomic mass is 10.2. The van der Waals surface area contributed by atoms with Crippen molar-refractivity contribution in [2.75, 3.05) is 22.4 Å². The fraction of sp³-hybridized carbons (Fsp3) is 0.188. The predicted molar refractivity (Wildman–Crippen MR) is 98.5 cm³/mol. The van der Waals surface area contributed by atoms with Crippen molar-refractivity contribution >= 4 is 50.5 Å². The molecule has 2 aromatic rings. The van der Waals surface area contributed by atoms with E-state index in [4.69, 9.17) is 23.2 Å². The molecule has 0 aromatic heterocycles. The van der Waals surface area contributed by atoms with E-state index >= 15 is 0 Å². The Kier molecular flexibility index (Phi) is 5.74. The molecule has 0 aliphatic heterocycles. The minimum Gasteiger partial charge on any atom is -0.323 e. The number of halogens is 2. The molecule has 2 aromatic carbocycles. The number of nitrogens with one attached hydrogen (secondary N) is 1. The molecule has 0 atom stereocenters. The van der Waals surface area contributed by atoms with Gasteiger partial charge in [0.1, 0.15) is 6.54 Å². The van der Waals surface area contributed by atoms with Crippen LogP contribution < -0.4 is 9.62 Å². The molecule has 0 aliphatic carbocycles. The van der Waals surface area contributed by atoms with Crippen LogP contribution in [-0.2, 0) is 14.8 Å². The lowest BCUT2D eigenvalue weighted by molar-refractivity contribution is -0.114. The van der Waals surface area contributed by atoms with E-state index < -0.39 is 15.9 Å². The molecule has 0 unspecified atom stereocenters. The lowest BCUT2D eigenvalue weighted by Crippen LogP contribution is -2.37. The first-order valence-corrected chi connectivity index (χ1v) is 9.56. The van der Waals surface area contributed by atoms with Crippen LogP contribution in [0.3, 0.4) is 0 Å². The monoisotopic (exact) mass is 386 g/mol. The molecule has 0 heterocycles. The number of nitrogens with zero attached hydrogens (tertiary/aromatic N) is 1. The summed E-state index contributed by atoms with van der Waals surface area (Å²) < 4.78 is 25.1. The number of hydrogen-bond acceptors (Lipinski definition) is 3. The van der Waals surface area contributed by atoms with Crippen molar-refractivity contribution in [3.8, 4) is 0 Å². The number of aryl methyl sites for hydroxylation is 1. The maximum Gasteiger partial charge on any atom is 0.245 e. The molecule has 0 saturated heterocycles. The van der Waals surface area contributed by atoms with Crippen LogP contribution in [0, 0.1) is 6.92 Å². The van der Waals surface area contributed by atoms with Crippen molar-refractivity contribution in [2.24, 2.45) is 0 Å². The van der Waals surface area contributed by atoms with Crippen molar-refractivity contribution in [3.05, 3.63) is 58.1 Å². The molecule has 1 amide bonds. The highest BCUT2D eigenvalue weighted by Gasteiger charge is 2.21. The Morgan fingerprint density at radius 1 is 1.12 bits per heavy atom. The minimum atomic E-state index is -3.62. The molecule has 5 nitrogen and oxygen atoms in total. The summed E-state index contributed by atoms with van der Waals surface area (Å²) >= 11 is 11.8. The number of carbonyl (C=O) groups is 1. The van der Waals surface area contributed by atoms with Crippen LogP contribution in [0.25, 0.3) is 0 Å². The second-order valence-corrected chi connectivity index (χ2v) is 8.03. The Bertz CT molecular complexity index is 852. The van der Waals surface area contributed by atoms with Crippen LogP contribution in [0.4, 0.5) is 11.4 Å². The Balaban J connectivity index is 2.20. The molecule has 0 spiro atoms. The number of sulfonamides is 1. The van der Waals surface area contributed by atoms with E-state index in [0.717, 1.165) is 16.1 Å². The van der Waals surface area contributed by atoms with Gasteiger partial charge in [-0.25, -0.2) is 8.42 Å². The van der Waals surface area contributed by atoms with E-state index in [9.17, 15) is 13.2 Å². The van der Waals surface area contributed by atoms with E-state index in [2.05, 4.69) is 5.32 Å². The first-order valence-electron chi connectivity index (χ1n) is 6.96. The molecule has 8 heteroatoms. The number of rotatable bonds is 5. The summed E-state index contributed by atoms with van der Waals surface area (Å²) in [4.78, 5) is 12.2. The third-order valence-electron chi connectivity index (χ3n) is 3.21. The van der Waals surface area contributed by atoms with E-state index in [1.165, 1.54) is 6.07 Å². The first kappa shape index (κ1) is 18.6. The van der Waals surface area contributed by atoms with Crippen LogP contribution in [0.1, 0.15) is 5.56 Å². The SMILES string of the molecule is Cc1ccc(N(CC(=O)Nc2ccc(Cl)cc2Cl)S(C)(=O)=O)cc1. The maximum absolute atomic E-state index is 12.2. The predicted octanol–water partition coefficient (Wildman–Crippen LogP) is 3.71. The average Bonchev–Trinajstić information content (AvgIpc) is 2.48. The Morgan fingerprint density at radius 2 is 1.75 bits per heavy atom. The molecule has 1 N–H and O–H groups in total. The zero-order chi connectivity index (χ0) is 17.9. The van der Waals surface area contributed by atoms with Gasteiger partial charge in [0.25, 0.3) is 0 Å². The summed E-state index contributed by atoms with van der Waals surface area (Å²) in [5.74, 6) is -0.509. The second-order valence-electron chi connectivity index (χ2n) is 5.28. The molecule has 24 heavy (non-hydrogen) atoms. The van der Waals surface area contributed by atoms with Gasteiger partial charge in [-0.15, -0.1) is 0 Å². The van der Waals surface area contributed by atoms with Crippen LogP contribution in [-0.4, -0.2) is 27.1 Å². The summed E-state index contributed by atoms with van der Waals surface area (Å²) in [5.41, 5.74) is 1.77. The third kappa shape index (κ3) is 4.87. The van der Waals surface area contributed by atoms with Crippen molar-refractivity contribution in [1.82, 2.24) is 0 Å². The number of carbonyl (C=O) groups excluding carboxylic acids is 1. The summed E-state index contributed by atoms with van der Waals surface area (Å²) in [6.45, 7) is 1.53. The van der Waals surface area contributed by atoms with Crippen molar-refractivity contribution in [2.45, 2.75) is 6.92 Å². The highest BCUT2D eigenvalue weighted by Crippen LogP contribution is 2.25. The fourth-order valence-electron chi connectivity index (χ4n) is 2.02. The van der Waals surface area contributed by atoms with Crippen LogP contribution in [0.5, 0.6) is 0 Å². The summed E-state index contributed by atoms with van der Waals surface area (Å²) in [7, 11) is -3.62. The molecule has 2 rings (SSSR count). The first-order chi connectivity index (χ1) is 11.2. The smallest absolute Gasteiger partial charge is 0.245 e. The molecule has 0 aliphatic rings. The number of anilines is 2. The Hall–Kier alpha value is -1.76. The van der Waals surface area contributed by atoms with Gasteiger partial charge >= 0.3 is 0 Å². The number of hydrogen-bond donors (Lipinski definition) is 1. The topological polar surface area (TPSA) is 66.5 Å². The zero-order valence-corrected chi connectivity index (χ0v) is 15.4. The van der Waals surface area contributed by atoms with Gasteiger partial charge in [0, 0.05) is 5.02 Å². The molecule has 0 radical (unpaired) electrons. The standard InChI is InChI=1S/C16H16Cl2N2O3S/c1-11-3-6-13(7-4-11)20(24(2,22)23)10-16(21)19-15-8-5-12(17)9-14(15)18/h3-9H,10H2,1-2H3,(H,19,21). The quantitative estimate of drug-likeness (QED) is 0.851. The van der Waals surface area contributed by atoms with Gasteiger partial charge < -0.3 is 5.32 Å². The highest BCUT2D eigenvalue weighted by atomic mass is 35.5. The Labute approximate surface area is 151 Å². The van der Waals surface area contributed by atoms with Crippen molar-refractivity contribution in [1.29, 1.82) is 0 Å². The van der Waals surface area contributed by atoms with Gasteiger partial charge in [-0.3, -0.25) is 9.10 Å². The molecular weight excluding hydrogens is 371 g/mol. The minimum absolute atomic E-state index is 0.275. The molecule has 0 bridgehead atoms. The van der Waals surface area contributed by atoms with Gasteiger partial charge in [0.15, 0.2) is 0 Å². The zero-order valence-electron chi connectivity index (χ0n) is 13.1. The Morgan fingerprint density at radius 3 is 2.29 bits per heavy atom. The number of amides is 1. The van der Waals surface area contributed by atoms with Gasteiger partial charge in [-0.2, -0.15) is 0 Å². The fourth-order valence-corrected chi connectivity index (χ4v) is 3.33. The number of benzene rings is 2. The van der Waals surface area contributed by atoms with E-state index in [1.807, 2.05) is 6.92 Å². The van der Waals surface area contributed by atoms with Gasteiger partial charge in [-0.05, 0) is 37.3 Å². The van der Waals surface area contributed by atoms with Gasteiger partial charge in [-0.1, -0.05) is 40.9 Å². The summed E-state index contributed by atoms with van der Waals surface area (Å²) in [6, 6.07) is 11.5. The van der Waals surface area contributed by atoms with E-state index in [-0.39, 0.29) is 11.6 Å². The van der Waals surface area contributed by atoms with Crippen LogP contribution >= 0.6 is 23.2 Å². The van der Waals surface area contributed by atoms with E-state index in [0.29, 0.717) is 16.4 Å². The summed E-state index contributed by atoms with van der Waals surface area (Å²) in [6.07, 6.45) is 1.05. The second kappa shape index (κ2) is 7.42. The molecule has 0 fully saturated rings. The third-order valence-corrected chi connectivity index (χ3v) is 4.90. The van der Waals surface area contributed by atoms with Crippen LogP contribution in [0.2, 0.25) is 10.0 Å². The van der Waals surface area contributed by atoms with Crippen molar-refractivity contribution < 1.29 is 13.2 Å².